The van der Waals surface area contributed by atoms with Crippen LogP contribution in [0, 0.1) is 5.92 Å². The molecule has 0 aromatic carbocycles. The number of nitrogens with zero attached hydrogens (tertiary/aromatic N) is 2. The molecule has 1 aromatic heterocycles. The molecule has 0 saturated heterocycles. The van der Waals surface area contributed by atoms with Gasteiger partial charge in [0.25, 0.3) is 0 Å². The number of rotatable bonds is 3. The van der Waals surface area contributed by atoms with Crippen molar-refractivity contribution >= 4 is 27.7 Å². The zero-order valence-corrected chi connectivity index (χ0v) is 14.4. The molecule has 1 aliphatic carbocycles. The molecular formula is C15H25BrN4. The van der Waals surface area contributed by atoms with E-state index < -0.39 is 0 Å². The molecule has 1 aromatic rings. The maximum Gasteiger partial charge on any atom is 0.225 e. The first-order valence-electron chi connectivity index (χ1n) is 7.41. The Kier molecular flexibility index (Phi) is 4.89. The Hall–Kier alpha value is -0.840. The van der Waals surface area contributed by atoms with E-state index in [0.717, 1.165) is 16.2 Å². The number of halogens is 1. The third kappa shape index (κ3) is 4.62. The van der Waals surface area contributed by atoms with Crippen LogP contribution < -0.4 is 10.6 Å². The van der Waals surface area contributed by atoms with Gasteiger partial charge in [0.15, 0.2) is 0 Å². The Morgan fingerprint density at radius 2 is 2.05 bits per heavy atom. The Morgan fingerprint density at radius 3 is 2.70 bits per heavy atom. The second-order valence-corrected chi connectivity index (χ2v) is 7.73. The molecule has 2 rings (SSSR count). The highest BCUT2D eigenvalue weighted by molar-refractivity contribution is 9.10. The minimum absolute atomic E-state index is 0.0372. The molecule has 112 valence electrons. The highest BCUT2D eigenvalue weighted by Gasteiger charge is 2.20. The molecular weight excluding hydrogens is 316 g/mol. The topological polar surface area (TPSA) is 49.8 Å². The Bertz CT molecular complexity index is 456. The predicted molar refractivity (Wildman–Crippen MR) is 88.2 cm³/mol. The summed E-state index contributed by atoms with van der Waals surface area (Å²) in [5.74, 6) is 2.37. The summed E-state index contributed by atoms with van der Waals surface area (Å²) < 4.78 is 0.926. The Balaban J connectivity index is 2.08. The lowest BCUT2D eigenvalue weighted by atomic mass is 9.87. The van der Waals surface area contributed by atoms with E-state index in [-0.39, 0.29) is 5.54 Å². The molecule has 20 heavy (non-hydrogen) atoms. The number of nitrogens with one attached hydrogen (secondary N) is 2. The normalized spacial score (nSPS) is 23.4. The molecule has 2 unspecified atom stereocenters. The lowest BCUT2D eigenvalue weighted by Crippen LogP contribution is -2.29. The van der Waals surface area contributed by atoms with E-state index in [1.165, 1.54) is 25.7 Å². The second-order valence-electron chi connectivity index (χ2n) is 6.88. The molecule has 1 heterocycles. The van der Waals surface area contributed by atoms with Crippen molar-refractivity contribution in [1.29, 1.82) is 0 Å². The summed E-state index contributed by atoms with van der Waals surface area (Å²) in [6.45, 7) is 8.65. The third-order valence-corrected chi connectivity index (χ3v) is 4.09. The van der Waals surface area contributed by atoms with E-state index in [2.05, 4.69) is 64.2 Å². The van der Waals surface area contributed by atoms with Gasteiger partial charge in [-0.1, -0.05) is 19.8 Å². The van der Waals surface area contributed by atoms with Gasteiger partial charge in [-0.25, -0.2) is 4.98 Å². The SMILES string of the molecule is CC1CCCC(Nc2nc(NC(C)(C)C)ncc2Br)C1. The standard InChI is InChI=1S/C15H25BrN4/c1-10-6-5-7-11(8-10)18-13-12(16)9-17-14(19-13)20-15(2,3)4/h9-11H,5-8H2,1-4H3,(H2,17,18,19,20). The molecule has 0 bridgehead atoms. The molecule has 0 spiro atoms. The maximum atomic E-state index is 4.60. The summed E-state index contributed by atoms with van der Waals surface area (Å²) in [7, 11) is 0. The van der Waals surface area contributed by atoms with Crippen molar-refractivity contribution in [1.82, 2.24) is 9.97 Å². The van der Waals surface area contributed by atoms with Crippen LogP contribution in [0.3, 0.4) is 0 Å². The van der Waals surface area contributed by atoms with Crippen LogP contribution in [0.15, 0.2) is 10.7 Å². The van der Waals surface area contributed by atoms with Gasteiger partial charge in [-0.15, -0.1) is 0 Å². The summed E-state index contributed by atoms with van der Waals surface area (Å²) in [4.78, 5) is 8.92. The number of hydrogen-bond acceptors (Lipinski definition) is 4. The lowest BCUT2D eigenvalue weighted by molar-refractivity contribution is 0.358. The van der Waals surface area contributed by atoms with Crippen molar-refractivity contribution < 1.29 is 0 Å². The fourth-order valence-corrected chi connectivity index (χ4v) is 2.93. The van der Waals surface area contributed by atoms with Crippen LogP contribution >= 0.6 is 15.9 Å². The highest BCUT2D eigenvalue weighted by Crippen LogP contribution is 2.28. The fourth-order valence-electron chi connectivity index (χ4n) is 2.62. The van der Waals surface area contributed by atoms with Gasteiger partial charge in [-0.2, -0.15) is 4.98 Å². The third-order valence-electron chi connectivity index (χ3n) is 3.51. The van der Waals surface area contributed by atoms with Crippen LogP contribution in [-0.2, 0) is 0 Å². The van der Waals surface area contributed by atoms with E-state index in [9.17, 15) is 0 Å². The number of anilines is 2. The second kappa shape index (κ2) is 6.29. The summed E-state index contributed by atoms with van der Waals surface area (Å²) in [6.07, 6.45) is 6.91. The van der Waals surface area contributed by atoms with Gasteiger partial charge in [-0.05, 0) is 55.5 Å². The van der Waals surface area contributed by atoms with Crippen molar-refractivity contribution in [3.05, 3.63) is 10.7 Å². The van der Waals surface area contributed by atoms with E-state index in [1.54, 1.807) is 0 Å². The van der Waals surface area contributed by atoms with E-state index in [0.29, 0.717) is 12.0 Å². The van der Waals surface area contributed by atoms with Crippen LogP contribution in [0.2, 0.25) is 0 Å². The van der Waals surface area contributed by atoms with Crippen LogP contribution in [0.4, 0.5) is 11.8 Å². The largest absolute Gasteiger partial charge is 0.366 e. The van der Waals surface area contributed by atoms with Crippen molar-refractivity contribution in [2.24, 2.45) is 5.92 Å². The average molecular weight is 341 g/mol. The van der Waals surface area contributed by atoms with Crippen molar-refractivity contribution in [2.45, 2.75) is 65.0 Å². The van der Waals surface area contributed by atoms with Gasteiger partial charge in [0.05, 0.1) is 4.47 Å². The van der Waals surface area contributed by atoms with Gasteiger partial charge < -0.3 is 10.6 Å². The Labute approximate surface area is 130 Å². The Morgan fingerprint density at radius 1 is 1.30 bits per heavy atom. The maximum absolute atomic E-state index is 4.60. The van der Waals surface area contributed by atoms with Crippen LogP contribution in [0.25, 0.3) is 0 Å². The van der Waals surface area contributed by atoms with Crippen LogP contribution in [0.1, 0.15) is 53.4 Å². The van der Waals surface area contributed by atoms with Crippen molar-refractivity contribution in [2.75, 3.05) is 10.6 Å². The molecule has 2 N–H and O–H groups in total. The summed E-state index contributed by atoms with van der Waals surface area (Å²) in [5, 5.41) is 6.88. The first kappa shape index (κ1) is 15.5. The summed E-state index contributed by atoms with van der Waals surface area (Å²) in [6, 6.07) is 0.521. The molecule has 5 heteroatoms. The first-order chi connectivity index (χ1) is 9.33. The smallest absolute Gasteiger partial charge is 0.225 e. The molecule has 0 amide bonds. The fraction of sp³-hybridized carbons (Fsp3) is 0.733. The summed E-state index contributed by atoms with van der Waals surface area (Å²) in [5.41, 5.74) is -0.0372. The predicted octanol–water partition coefficient (Wildman–Crippen LogP) is 4.44. The molecule has 1 aliphatic rings. The van der Waals surface area contributed by atoms with Gasteiger partial charge in [-0.3, -0.25) is 0 Å². The van der Waals surface area contributed by atoms with Crippen molar-refractivity contribution in [3.63, 3.8) is 0 Å². The van der Waals surface area contributed by atoms with Gasteiger partial charge in [0.2, 0.25) is 5.95 Å². The average Bonchev–Trinajstić information content (AvgIpc) is 2.32. The molecule has 0 radical (unpaired) electrons. The van der Waals surface area contributed by atoms with E-state index in [1.807, 2.05) is 6.20 Å². The quantitative estimate of drug-likeness (QED) is 0.853. The van der Waals surface area contributed by atoms with Gasteiger partial charge in [0, 0.05) is 17.8 Å². The minimum Gasteiger partial charge on any atom is -0.366 e. The monoisotopic (exact) mass is 340 g/mol. The summed E-state index contributed by atoms with van der Waals surface area (Å²) >= 11 is 3.54. The zero-order chi connectivity index (χ0) is 14.8. The molecule has 4 nitrogen and oxygen atoms in total. The van der Waals surface area contributed by atoms with E-state index >= 15 is 0 Å². The highest BCUT2D eigenvalue weighted by atomic mass is 79.9. The number of aromatic nitrogens is 2. The van der Waals surface area contributed by atoms with Gasteiger partial charge >= 0.3 is 0 Å². The number of hydrogen-bond donors (Lipinski definition) is 2. The molecule has 1 saturated carbocycles. The van der Waals surface area contributed by atoms with Crippen LogP contribution in [0.5, 0.6) is 0 Å². The van der Waals surface area contributed by atoms with Crippen LogP contribution in [-0.4, -0.2) is 21.5 Å². The molecule has 2 atom stereocenters. The van der Waals surface area contributed by atoms with Gasteiger partial charge in [0.1, 0.15) is 5.82 Å². The molecule has 0 aliphatic heterocycles. The lowest BCUT2D eigenvalue weighted by Gasteiger charge is -2.28. The minimum atomic E-state index is -0.0372. The van der Waals surface area contributed by atoms with Crippen molar-refractivity contribution in [3.8, 4) is 0 Å². The van der Waals surface area contributed by atoms with E-state index in [4.69, 9.17) is 0 Å². The molecule has 1 fully saturated rings. The first-order valence-corrected chi connectivity index (χ1v) is 8.20. The zero-order valence-electron chi connectivity index (χ0n) is 12.8.